The molecule has 0 aliphatic heterocycles. The second-order valence-corrected chi connectivity index (χ2v) is 3.53. The van der Waals surface area contributed by atoms with Crippen LogP contribution in [0, 0.1) is 16.1 Å². The highest BCUT2D eigenvalue weighted by atomic mass is 19.1. The Bertz CT molecular complexity index is 558. The monoisotopic (exact) mass is 248 g/mol. The van der Waals surface area contributed by atoms with Gasteiger partial charge in [0.1, 0.15) is 12.4 Å². The average Bonchev–Trinajstić information content (AvgIpc) is 2.38. The first-order valence-corrected chi connectivity index (χ1v) is 5.13. The molecule has 92 valence electrons. The Balaban J connectivity index is 2.04. The molecule has 0 saturated heterocycles. The molecule has 18 heavy (non-hydrogen) atoms. The van der Waals surface area contributed by atoms with Gasteiger partial charge in [-0.15, -0.1) is 0 Å². The fraction of sp³-hybridized carbons (Fsp3) is 0.0833. The summed E-state index contributed by atoms with van der Waals surface area (Å²) in [6, 6.07) is 8.76. The first kappa shape index (κ1) is 12.0. The van der Waals surface area contributed by atoms with Crippen LogP contribution in [-0.2, 0) is 6.61 Å². The summed E-state index contributed by atoms with van der Waals surface area (Å²) in [5.74, 6) is -0.180. The van der Waals surface area contributed by atoms with Crippen molar-refractivity contribution in [3.63, 3.8) is 0 Å². The summed E-state index contributed by atoms with van der Waals surface area (Å²) >= 11 is 0. The van der Waals surface area contributed by atoms with Crippen LogP contribution in [0.15, 0.2) is 42.6 Å². The van der Waals surface area contributed by atoms with Crippen molar-refractivity contribution in [2.45, 2.75) is 6.61 Å². The van der Waals surface area contributed by atoms with Crippen LogP contribution < -0.4 is 4.74 Å². The first-order valence-electron chi connectivity index (χ1n) is 5.13. The van der Waals surface area contributed by atoms with Crippen LogP contribution in [0.1, 0.15) is 5.56 Å². The summed E-state index contributed by atoms with van der Waals surface area (Å²) in [6.07, 6.45) is 1.26. The minimum atomic E-state index is -0.585. The van der Waals surface area contributed by atoms with Crippen LogP contribution in [0.25, 0.3) is 0 Å². The number of halogens is 1. The summed E-state index contributed by atoms with van der Waals surface area (Å²) < 4.78 is 17.9. The molecule has 1 heterocycles. The number of nitrogens with zero attached hydrogens (tertiary/aromatic N) is 2. The molecule has 0 spiro atoms. The van der Waals surface area contributed by atoms with Gasteiger partial charge in [0.15, 0.2) is 0 Å². The van der Waals surface area contributed by atoms with E-state index >= 15 is 0 Å². The van der Waals surface area contributed by atoms with E-state index in [1.165, 1.54) is 30.5 Å². The molecule has 1 aromatic heterocycles. The highest BCUT2D eigenvalue weighted by Gasteiger charge is 2.06. The number of non-ortho nitro benzene ring substituents is 1. The maximum Gasteiger partial charge on any atom is 0.269 e. The van der Waals surface area contributed by atoms with Gasteiger partial charge in [0.05, 0.1) is 11.1 Å². The SMILES string of the molecule is O=[N+]([O-])c1cccc(COc2ccc(F)nc2)c1. The van der Waals surface area contributed by atoms with E-state index in [1.54, 1.807) is 12.1 Å². The van der Waals surface area contributed by atoms with E-state index in [9.17, 15) is 14.5 Å². The highest BCUT2D eigenvalue weighted by molar-refractivity contribution is 5.34. The first-order chi connectivity index (χ1) is 8.65. The van der Waals surface area contributed by atoms with Crippen molar-refractivity contribution in [2.24, 2.45) is 0 Å². The fourth-order valence-electron chi connectivity index (χ4n) is 1.37. The molecule has 0 atom stereocenters. The van der Waals surface area contributed by atoms with E-state index < -0.39 is 10.9 Å². The lowest BCUT2D eigenvalue weighted by Crippen LogP contribution is -1.97. The lowest BCUT2D eigenvalue weighted by atomic mass is 10.2. The summed E-state index contributed by atoms with van der Waals surface area (Å²) in [7, 11) is 0. The van der Waals surface area contributed by atoms with Gasteiger partial charge in [0.2, 0.25) is 5.95 Å². The topological polar surface area (TPSA) is 65.3 Å². The third-order valence-corrected chi connectivity index (χ3v) is 2.23. The Hall–Kier alpha value is -2.50. The smallest absolute Gasteiger partial charge is 0.269 e. The summed E-state index contributed by atoms with van der Waals surface area (Å²) in [5.41, 5.74) is 0.668. The zero-order valence-electron chi connectivity index (χ0n) is 9.25. The van der Waals surface area contributed by atoms with Crippen molar-refractivity contribution in [1.29, 1.82) is 0 Å². The zero-order chi connectivity index (χ0) is 13.0. The maximum atomic E-state index is 12.6. The lowest BCUT2D eigenvalue weighted by molar-refractivity contribution is -0.384. The van der Waals surface area contributed by atoms with E-state index in [2.05, 4.69) is 4.98 Å². The van der Waals surface area contributed by atoms with Crippen molar-refractivity contribution in [3.05, 3.63) is 64.2 Å². The minimum Gasteiger partial charge on any atom is -0.487 e. The van der Waals surface area contributed by atoms with E-state index in [1.807, 2.05) is 0 Å². The Kier molecular flexibility index (Phi) is 3.47. The second-order valence-electron chi connectivity index (χ2n) is 3.53. The fourth-order valence-corrected chi connectivity index (χ4v) is 1.37. The summed E-state index contributed by atoms with van der Waals surface area (Å²) in [4.78, 5) is 13.5. The molecular formula is C12H9FN2O3. The van der Waals surface area contributed by atoms with Crippen LogP contribution in [-0.4, -0.2) is 9.91 Å². The van der Waals surface area contributed by atoms with Gasteiger partial charge in [-0.25, -0.2) is 4.98 Å². The third kappa shape index (κ3) is 3.00. The van der Waals surface area contributed by atoms with Crippen molar-refractivity contribution >= 4 is 5.69 Å². The number of nitro benzene ring substituents is 1. The van der Waals surface area contributed by atoms with Gasteiger partial charge in [-0.05, 0) is 17.7 Å². The average molecular weight is 248 g/mol. The molecule has 2 rings (SSSR count). The predicted octanol–water partition coefficient (Wildman–Crippen LogP) is 2.71. The third-order valence-electron chi connectivity index (χ3n) is 2.23. The van der Waals surface area contributed by atoms with E-state index in [4.69, 9.17) is 4.74 Å². The number of benzene rings is 1. The number of ether oxygens (including phenoxy) is 1. The molecule has 0 radical (unpaired) electrons. The van der Waals surface area contributed by atoms with Gasteiger partial charge in [0.25, 0.3) is 5.69 Å². The normalized spacial score (nSPS) is 10.1. The van der Waals surface area contributed by atoms with Crippen molar-refractivity contribution in [2.75, 3.05) is 0 Å². The van der Waals surface area contributed by atoms with Crippen LogP contribution in [0.5, 0.6) is 5.75 Å². The molecule has 6 heteroatoms. The van der Waals surface area contributed by atoms with Crippen LogP contribution in [0.3, 0.4) is 0 Å². The largest absolute Gasteiger partial charge is 0.487 e. The number of nitro groups is 1. The van der Waals surface area contributed by atoms with E-state index in [0.29, 0.717) is 11.3 Å². The van der Waals surface area contributed by atoms with Gasteiger partial charge >= 0.3 is 0 Å². The van der Waals surface area contributed by atoms with Gasteiger partial charge in [-0.1, -0.05) is 12.1 Å². The molecule has 1 aromatic carbocycles. The number of pyridine rings is 1. The van der Waals surface area contributed by atoms with E-state index in [0.717, 1.165) is 0 Å². The molecule has 0 aliphatic carbocycles. The maximum absolute atomic E-state index is 12.6. The molecule has 0 saturated carbocycles. The quantitative estimate of drug-likeness (QED) is 0.474. The number of hydrogen-bond donors (Lipinski definition) is 0. The highest BCUT2D eigenvalue weighted by Crippen LogP contribution is 2.16. The lowest BCUT2D eigenvalue weighted by Gasteiger charge is -2.05. The molecule has 5 nitrogen and oxygen atoms in total. The van der Waals surface area contributed by atoms with E-state index in [-0.39, 0.29) is 12.3 Å². The zero-order valence-corrected chi connectivity index (χ0v) is 9.25. The van der Waals surface area contributed by atoms with Gasteiger partial charge in [-0.2, -0.15) is 4.39 Å². The molecule has 0 unspecified atom stereocenters. The Morgan fingerprint density at radius 3 is 2.83 bits per heavy atom. The molecular weight excluding hydrogens is 239 g/mol. The van der Waals surface area contributed by atoms with Gasteiger partial charge in [-0.3, -0.25) is 10.1 Å². The minimum absolute atomic E-state index is 0.00771. The summed E-state index contributed by atoms with van der Waals surface area (Å²) in [6.45, 7) is 0.162. The van der Waals surface area contributed by atoms with Crippen molar-refractivity contribution in [1.82, 2.24) is 4.98 Å². The van der Waals surface area contributed by atoms with Crippen LogP contribution >= 0.6 is 0 Å². The Labute approximate surface area is 102 Å². The predicted molar refractivity (Wildman–Crippen MR) is 61.6 cm³/mol. The second kappa shape index (κ2) is 5.22. The standard InChI is InChI=1S/C12H9FN2O3/c13-12-5-4-11(7-14-12)18-8-9-2-1-3-10(6-9)15(16)17/h1-7H,8H2. The molecule has 0 fully saturated rings. The molecule has 2 aromatic rings. The summed E-state index contributed by atoms with van der Waals surface area (Å²) in [5, 5.41) is 10.6. The number of hydrogen-bond acceptors (Lipinski definition) is 4. The van der Waals surface area contributed by atoms with Gasteiger partial charge < -0.3 is 4.74 Å². The molecule has 0 bridgehead atoms. The molecule has 0 aliphatic rings. The van der Waals surface area contributed by atoms with Crippen LogP contribution in [0.2, 0.25) is 0 Å². The van der Waals surface area contributed by atoms with Crippen LogP contribution in [0.4, 0.5) is 10.1 Å². The molecule has 0 N–H and O–H groups in total. The number of rotatable bonds is 4. The van der Waals surface area contributed by atoms with Crippen molar-refractivity contribution < 1.29 is 14.1 Å². The van der Waals surface area contributed by atoms with Crippen molar-refractivity contribution in [3.8, 4) is 5.75 Å². The Morgan fingerprint density at radius 2 is 2.17 bits per heavy atom. The van der Waals surface area contributed by atoms with Gasteiger partial charge in [0, 0.05) is 12.1 Å². The number of aromatic nitrogens is 1. The molecule has 0 amide bonds. The Morgan fingerprint density at radius 1 is 1.33 bits per heavy atom.